The summed E-state index contributed by atoms with van der Waals surface area (Å²) in [6.45, 7) is 4.53. The minimum atomic E-state index is 0.431. The van der Waals surface area contributed by atoms with E-state index in [1.165, 1.54) is 4.88 Å². The van der Waals surface area contributed by atoms with Crippen LogP contribution in [0.4, 0.5) is 5.13 Å². The summed E-state index contributed by atoms with van der Waals surface area (Å²) < 4.78 is 15.8. The number of nitrogens with one attached hydrogen (secondary N) is 1. The zero-order chi connectivity index (χ0) is 15.1. The third-order valence-corrected chi connectivity index (χ3v) is 4.76. The number of hydrogen-bond donors (Lipinski definition) is 1. The summed E-state index contributed by atoms with van der Waals surface area (Å²) in [5, 5.41) is 4.41. The van der Waals surface area contributed by atoms with Crippen molar-refractivity contribution in [1.29, 1.82) is 0 Å². The van der Waals surface area contributed by atoms with Crippen LogP contribution in [-0.4, -0.2) is 58.7 Å². The Kier molecular flexibility index (Phi) is 6.85. The van der Waals surface area contributed by atoms with Crippen LogP contribution in [0.5, 0.6) is 0 Å². The molecule has 0 radical (unpaired) electrons. The molecule has 0 bridgehead atoms. The predicted octanol–water partition coefficient (Wildman–Crippen LogP) is 1.25. The minimum absolute atomic E-state index is 0.431. The third kappa shape index (κ3) is 4.62. The van der Waals surface area contributed by atoms with Crippen LogP contribution in [0.3, 0.4) is 0 Å². The van der Waals surface area contributed by atoms with E-state index in [0.717, 1.165) is 43.5 Å². The van der Waals surface area contributed by atoms with Gasteiger partial charge in [-0.2, -0.15) is 0 Å². The molecule has 1 aromatic rings. The maximum atomic E-state index is 5.46. The Balaban J connectivity index is 2.00. The van der Waals surface area contributed by atoms with Crippen LogP contribution < -0.4 is 10.2 Å². The lowest BCUT2D eigenvalue weighted by molar-refractivity contribution is 0.180. The SMILES string of the molecule is COCCNCc1sc(N(C)C2CCOC2)nc1COC. The van der Waals surface area contributed by atoms with E-state index in [9.17, 15) is 0 Å². The molecular weight excluding hydrogens is 290 g/mol. The molecule has 1 atom stereocenters. The van der Waals surface area contributed by atoms with Crippen molar-refractivity contribution in [2.75, 3.05) is 52.5 Å². The van der Waals surface area contributed by atoms with Crippen LogP contribution in [0.25, 0.3) is 0 Å². The first kappa shape index (κ1) is 16.6. The Morgan fingerprint density at radius 1 is 1.43 bits per heavy atom. The molecule has 0 spiro atoms. The zero-order valence-electron chi connectivity index (χ0n) is 13.1. The van der Waals surface area contributed by atoms with E-state index in [1.807, 2.05) is 0 Å². The van der Waals surface area contributed by atoms with Crippen LogP contribution in [0.15, 0.2) is 0 Å². The number of nitrogens with zero attached hydrogens (tertiary/aromatic N) is 2. The van der Waals surface area contributed by atoms with Crippen LogP contribution in [0.2, 0.25) is 0 Å². The van der Waals surface area contributed by atoms with Crippen molar-refractivity contribution in [2.45, 2.75) is 25.6 Å². The number of aromatic nitrogens is 1. The lowest BCUT2D eigenvalue weighted by Gasteiger charge is -2.21. The largest absolute Gasteiger partial charge is 0.383 e. The van der Waals surface area contributed by atoms with Gasteiger partial charge in [0.25, 0.3) is 0 Å². The highest BCUT2D eigenvalue weighted by atomic mass is 32.1. The Labute approximate surface area is 130 Å². The summed E-state index contributed by atoms with van der Waals surface area (Å²) in [6.07, 6.45) is 1.07. The maximum Gasteiger partial charge on any atom is 0.185 e. The second kappa shape index (κ2) is 8.65. The van der Waals surface area contributed by atoms with Crippen molar-refractivity contribution in [3.8, 4) is 0 Å². The molecule has 1 fully saturated rings. The number of thiazole rings is 1. The lowest BCUT2D eigenvalue weighted by Crippen LogP contribution is -2.31. The van der Waals surface area contributed by atoms with Gasteiger partial charge in [-0.05, 0) is 6.42 Å². The lowest BCUT2D eigenvalue weighted by atomic mass is 10.2. The molecule has 0 saturated carbocycles. The fourth-order valence-corrected chi connectivity index (χ4v) is 3.33. The summed E-state index contributed by atoms with van der Waals surface area (Å²) in [4.78, 5) is 8.20. The average molecular weight is 315 g/mol. The van der Waals surface area contributed by atoms with Crippen molar-refractivity contribution in [2.24, 2.45) is 0 Å². The predicted molar refractivity (Wildman–Crippen MR) is 84.0 cm³/mol. The van der Waals surface area contributed by atoms with E-state index < -0.39 is 0 Å². The van der Waals surface area contributed by atoms with Gasteiger partial charge in [-0.15, -0.1) is 11.3 Å². The first-order valence-electron chi connectivity index (χ1n) is 7.24. The van der Waals surface area contributed by atoms with Crippen molar-refractivity contribution < 1.29 is 14.2 Å². The van der Waals surface area contributed by atoms with Gasteiger partial charge in [0.2, 0.25) is 0 Å². The Bertz CT molecular complexity index is 422. The molecule has 1 aromatic heterocycles. The Morgan fingerprint density at radius 3 is 2.95 bits per heavy atom. The van der Waals surface area contributed by atoms with Crippen LogP contribution in [0, 0.1) is 0 Å². The van der Waals surface area contributed by atoms with E-state index in [1.54, 1.807) is 25.6 Å². The van der Waals surface area contributed by atoms with Crippen LogP contribution in [-0.2, 0) is 27.4 Å². The van der Waals surface area contributed by atoms with Gasteiger partial charge in [-0.1, -0.05) is 0 Å². The summed E-state index contributed by atoms with van der Waals surface area (Å²) >= 11 is 1.73. The average Bonchev–Trinajstić information content (AvgIpc) is 3.13. The molecule has 0 amide bonds. The minimum Gasteiger partial charge on any atom is -0.383 e. The number of anilines is 1. The molecule has 1 aliphatic rings. The van der Waals surface area contributed by atoms with Gasteiger partial charge < -0.3 is 24.4 Å². The Hall–Kier alpha value is -0.730. The molecule has 120 valence electrons. The fourth-order valence-electron chi connectivity index (χ4n) is 2.27. The van der Waals surface area contributed by atoms with Gasteiger partial charge in [0.15, 0.2) is 5.13 Å². The molecule has 0 aliphatic carbocycles. The molecule has 21 heavy (non-hydrogen) atoms. The van der Waals surface area contributed by atoms with Gasteiger partial charge >= 0.3 is 0 Å². The van der Waals surface area contributed by atoms with E-state index in [-0.39, 0.29) is 0 Å². The number of hydrogen-bond acceptors (Lipinski definition) is 7. The van der Waals surface area contributed by atoms with Gasteiger partial charge in [-0.25, -0.2) is 4.98 Å². The molecule has 2 rings (SSSR count). The van der Waals surface area contributed by atoms with Crippen LogP contribution in [0.1, 0.15) is 17.0 Å². The van der Waals surface area contributed by atoms with Crippen LogP contribution >= 0.6 is 11.3 Å². The highest BCUT2D eigenvalue weighted by Gasteiger charge is 2.23. The van der Waals surface area contributed by atoms with Crippen molar-refractivity contribution in [3.05, 3.63) is 10.6 Å². The quantitative estimate of drug-likeness (QED) is 0.692. The van der Waals surface area contributed by atoms with Crippen molar-refractivity contribution in [3.63, 3.8) is 0 Å². The molecule has 1 aliphatic heterocycles. The molecule has 1 unspecified atom stereocenters. The van der Waals surface area contributed by atoms with E-state index >= 15 is 0 Å². The number of rotatable bonds is 9. The molecule has 2 heterocycles. The monoisotopic (exact) mass is 315 g/mol. The molecule has 0 aromatic carbocycles. The summed E-state index contributed by atoms with van der Waals surface area (Å²) in [6, 6.07) is 0.431. The highest BCUT2D eigenvalue weighted by Crippen LogP contribution is 2.29. The highest BCUT2D eigenvalue weighted by molar-refractivity contribution is 7.15. The van der Waals surface area contributed by atoms with E-state index in [4.69, 9.17) is 19.2 Å². The number of ether oxygens (including phenoxy) is 3. The van der Waals surface area contributed by atoms with Gasteiger partial charge in [0, 0.05) is 45.8 Å². The molecule has 1 N–H and O–H groups in total. The first-order chi connectivity index (χ1) is 10.3. The van der Waals surface area contributed by atoms with Gasteiger partial charge in [-0.3, -0.25) is 0 Å². The molecule has 7 heteroatoms. The van der Waals surface area contributed by atoms with E-state index in [0.29, 0.717) is 19.3 Å². The van der Waals surface area contributed by atoms with Gasteiger partial charge in [0.1, 0.15) is 0 Å². The number of methoxy groups -OCH3 is 2. The van der Waals surface area contributed by atoms with Crippen molar-refractivity contribution >= 4 is 16.5 Å². The smallest absolute Gasteiger partial charge is 0.185 e. The summed E-state index contributed by atoms with van der Waals surface area (Å²) in [5.41, 5.74) is 1.02. The number of likely N-dealkylation sites (N-methyl/N-ethyl adjacent to an activating group) is 1. The second-order valence-electron chi connectivity index (χ2n) is 5.10. The van der Waals surface area contributed by atoms with Crippen molar-refractivity contribution in [1.82, 2.24) is 10.3 Å². The second-order valence-corrected chi connectivity index (χ2v) is 6.16. The summed E-state index contributed by atoms with van der Waals surface area (Å²) in [7, 11) is 5.51. The normalized spacial score (nSPS) is 18.3. The maximum absolute atomic E-state index is 5.46. The first-order valence-corrected chi connectivity index (χ1v) is 8.05. The third-order valence-electron chi connectivity index (χ3n) is 3.57. The Morgan fingerprint density at radius 2 is 2.29 bits per heavy atom. The summed E-state index contributed by atoms with van der Waals surface area (Å²) in [5.74, 6) is 0. The topological polar surface area (TPSA) is 55.9 Å². The molecule has 1 saturated heterocycles. The zero-order valence-corrected chi connectivity index (χ0v) is 13.9. The molecule has 6 nitrogen and oxygen atoms in total. The van der Waals surface area contributed by atoms with Gasteiger partial charge in [0.05, 0.1) is 31.6 Å². The molecular formula is C14H25N3O3S. The fraction of sp³-hybridized carbons (Fsp3) is 0.786. The van der Waals surface area contributed by atoms with E-state index in [2.05, 4.69) is 17.3 Å². The standard InChI is InChI=1S/C14H25N3O3S/c1-17(11-4-6-20-9-11)14-16-12(10-19-3)13(21-14)8-15-5-7-18-2/h11,15H,4-10H2,1-3H3.